The molecule has 0 radical (unpaired) electrons. The molecule has 1 aliphatic rings. The standard InChI is InChI=1S/C13H17BrN2O/c1-9(10-2-4-11(14)5-3-10)16-12(17)13(8-15)6-7-13/h2-5,9H,6-8,15H2,1H3,(H,16,17)/t9-/m1/s1. The molecular formula is C13H17BrN2O. The number of amides is 1. The molecule has 0 saturated heterocycles. The summed E-state index contributed by atoms with van der Waals surface area (Å²) in [7, 11) is 0. The minimum absolute atomic E-state index is 0.0274. The van der Waals surface area contributed by atoms with Crippen LogP contribution in [-0.2, 0) is 4.79 Å². The first-order chi connectivity index (χ1) is 8.07. The van der Waals surface area contributed by atoms with E-state index in [1.54, 1.807) is 0 Å². The first kappa shape index (κ1) is 12.6. The van der Waals surface area contributed by atoms with Crippen molar-refractivity contribution < 1.29 is 4.79 Å². The fraction of sp³-hybridized carbons (Fsp3) is 0.462. The van der Waals surface area contributed by atoms with Crippen molar-refractivity contribution in [3.8, 4) is 0 Å². The fourth-order valence-electron chi connectivity index (χ4n) is 1.86. The van der Waals surface area contributed by atoms with Crippen molar-refractivity contribution >= 4 is 21.8 Å². The van der Waals surface area contributed by atoms with Crippen LogP contribution in [0.1, 0.15) is 31.4 Å². The number of rotatable bonds is 4. The molecule has 0 aromatic heterocycles. The minimum atomic E-state index is -0.274. The van der Waals surface area contributed by atoms with Crippen molar-refractivity contribution in [1.29, 1.82) is 0 Å². The number of carbonyl (C=O) groups excluding carboxylic acids is 1. The van der Waals surface area contributed by atoms with Crippen molar-refractivity contribution in [1.82, 2.24) is 5.32 Å². The molecule has 2 rings (SSSR count). The number of benzene rings is 1. The molecule has 92 valence electrons. The van der Waals surface area contributed by atoms with Gasteiger partial charge in [-0.3, -0.25) is 4.79 Å². The molecule has 0 spiro atoms. The van der Waals surface area contributed by atoms with E-state index in [0.717, 1.165) is 22.9 Å². The van der Waals surface area contributed by atoms with Crippen LogP contribution in [0.2, 0.25) is 0 Å². The second-order valence-corrected chi connectivity index (χ2v) is 5.65. The topological polar surface area (TPSA) is 55.1 Å². The molecular weight excluding hydrogens is 280 g/mol. The minimum Gasteiger partial charge on any atom is -0.349 e. The Morgan fingerprint density at radius 1 is 1.47 bits per heavy atom. The average molecular weight is 297 g/mol. The maximum Gasteiger partial charge on any atom is 0.227 e. The van der Waals surface area contributed by atoms with E-state index in [9.17, 15) is 4.79 Å². The van der Waals surface area contributed by atoms with Crippen LogP contribution in [0.4, 0.5) is 0 Å². The molecule has 17 heavy (non-hydrogen) atoms. The van der Waals surface area contributed by atoms with Crippen molar-refractivity contribution in [3.63, 3.8) is 0 Å². The summed E-state index contributed by atoms with van der Waals surface area (Å²) in [5, 5.41) is 3.04. The van der Waals surface area contributed by atoms with Gasteiger partial charge >= 0.3 is 0 Å². The molecule has 0 unspecified atom stereocenters. The molecule has 0 heterocycles. The quantitative estimate of drug-likeness (QED) is 0.896. The number of nitrogens with one attached hydrogen (secondary N) is 1. The average Bonchev–Trinajstić information content (AvgIpc) is 3.10. The van der Waals surface area contributed by atoms with Gasteiger partial charge in [-0.2, -0.15) is 0 Å². The molecule has 4 heteroatoms. The Hall–Kier alpha value is -0.870. The molecule has 1 amide bonds. The van der Waals surface area contributed by atoms with Crippen molar-refractivity contribution in [2.45, 2.75) is 25.8 Å². The summed E-state index contributed by atoms with van der Waals surface area (Å²) < 4.78 is 1.04. The molecule has 1 aromatic rings. The maximum absolute atomic E-state index is 12.0. The number of nitrogens with two attached hydrogens (primary N) is 1. The lowest BCUT2D eigenvalue weighted by Gasteiger charge is -2.18. The third kappa shape index (κ3) is 2.69. The van der Waals surface area contributed by atoms with E-state index in [-0.39, 0.29) is 17.4 Å². The van der Waals surface area contributed by atoms with Gasteiger partial charge in [-0.05, 0) is 37.5 Å². The highest BCUT2D eigenvalue weighted by Crippen LogP contribution is 2.45. The zero-order valence-corrected chi connectivity index (χ0v) is 11.5. The van der Waals surface area contributed by atoms with Gasteiger partial charge in [-0.15, -0.1) is 0 Å². The van der Waals surface area contributed by atoms with E-state index in [1.165, 1.54) is 0 Å². The third-order valence-corrected chi connectivity index (χ3v) is 3.97. The molecule has 3 N–H and O–H groups in total. The smallest absolute Gasteiger partial charge is 0.227 e. The second-order valence-electron chi connectivity index (χ2n) is 4.73. The Bertz CT molecular complexity index is 412. The monoisotopic (exact) mass is 296 g/mol. The number of hydrogen-bond acceptors (Lipinski definition) is 2. The third-order valence-electron chi connectivity index (χ3n) is 3.44. The summed E-state index contributed by atoms with van der Waals surface area (Å²) in [6.07, 6.45) is 1.84. The van der Waals surface area contributed by atoms with Crippen molar-refractivity contribution in [3.05, 3.63) is 34.3 Å². The Labute approximate surface area is 110 Å². The fourth-order valence-corrected chi connectivity index (χ4v) is 2.12. The SMILES string of the molecule is C[C@@H](NC(=O)C1(CN)CC1)c1ccc(Br)cc1. The van der Waals surface area contributed by atoms with Gasteiger partial charge in [0, 0.05) is 11.0 Å². The number of hydrogen-bond donors (Lipinski definition) is 2. The predicted molar refractivity (Wildman–Crippen MR) is 71.4 cm³/mol. The Morgan fingerprint density at radius 3 is 2.53 bits per heavy atom. The Kier molecular flexibility index (Phi) is 3.54. The van der Waals surface area contributed by atoms with Gasteiger partial charge in [0.1, 0.15) is 0 Å². The molecule has 1 atom stereocenters. The lowest BCUT2D eigenvalue weighted by molar-refractivity contribution is -0.126. The maximum atomic E-state index is 12.0. The van der Waals surface area contributed by atoms with Crippen LogP contribution in [0, 0.1) is 5.41 Å². The molecule has 0 aliphatic heterocycles. The van der Waals surface area contributed by atoms with Crippen LogP contribution in [0.25, 0.3) is 0 Å². The van der Waals surface area contributed by atoms with E-state index < -0.39 is 0 Å². The summed E-state index contributed by atoms with van der Waals surface area (Å²) in [6.45, 7) is 2.44. The number of carbonyl (C=O) groups is 1. The molecule has 1 aromatic carbocycles. The van der Waals surface area contributed by atoms with Crippen LogP contribution in [0.3, 0.4) is 0 Å². The highest BCUT2D eigenvalue weighted by molar-refractivity contribution is 9.10. The van der Waals surface area contributed by atoms with Gasteiger partial charge in [0.25, 0.3) is 0 Å². The summed E-state index contributed by atoms with van der Waals surface area (Å²) >= 11 is 3.39. The summed E-state index contributed by atoms with van der Waals surface area (Å²) in [4.78, 5) is 12.0. The first-order valence-corrected chi connectivity index (χ1v) is 6.63. The van der Waals surface area contributed by atoms with Crippen LogP contribution >= 0.6 is 15.9 Å². The van der Waals surface area contributed by atoms with Crippen molar-refractivity contribution in [2.24, 2.45) is 11.1 Å². The highest BCUT2D eigenvalue weighted by Gasteiger charge is 2.48. The van der Waals surface area contributed by atoms with E-state index in [1.807, 2.05) is 31.2 Å². The number of halogens is 1. The summed E-state index contributed by atoms with van der Waals surface area (Å²) in [5.74, 6) is 0.0930. The van der Waals surface area contributed by atoms with Crippen LogP contribution < -0.4 is 11.1 Å². The lowest BCUT2D eigenvalue weighted by atomic mass is 10.0. The van der Waals surface area contributed by atoms with E-state index in [0.29, 0.717) is 6.54 Å². The van der Waals surface area contributed by atoms with E-state index in [4.69, 9.17) is 5.73 Å². The van der Waals surface area contributed by atoms with Gasteiger partial charge in [0.2, 0.25) is 5.91 Å². The Morgan fingerprint density at radius 2 is 2.06 bits per heavy atom. The normalized spacial score (nSPS) is 18.5. The lowest BCUT2D eigenvalue weighted by Crippen LogP contribution is -2.37. The molecule has 0 bridgehead atoms. The van der Waals surface area contributed by atoms with Gasteiger partial charge < -0.3 is 11.1 Å². The zero-order valence-electron chi connectivity index (χ0n) is 9.87. The second kappa shape index (κ2) is 4.78. The predicted octanol–water partition coefficient (Wildman–Crippen LogP) is 2.37. The van der Waals surface area contributed by atoms with Gasteiger partial charge in [0.15, 0.2) is 0 Å². The van der Waals surface area contributed by atoms with Gasteiger partial charge in [-0.25, -0.2) is 0 Å². The molecule has 1 aliphatic carbocycles. The molecule has 3 nitrogen and oxygen atoms in total. The molecule has 1 saturated carbocycles. The summed E-state index contributed by atoms with van der Waals surface area (Å²) in [6, 6.07) is 8.01. The highest BCUT2D eigenvalue weighted by atomic mass is 79.9. The first-order valence-electron chi connectivity index (χ1n) is 5.84. The van der Waals surface area contributed by atoms with Gasteiger partial charge in [-0.1, -0.05) is 28.1 Å². The van der Waals surface area contributed by atoms with Crippen molar-refractivity contribution in [2.75, 3.05) is 6.54 Å². The van der Waals surface area contributed by atoms with E-state index >= 15 is 0 Å². The van der Waals surface area contributed by atoms with E-state index in [2.05, 4.69) is 21.2 Å². The largest absolute Gasteiger partial charge is 0.349 e. The van der Waals surface area contributed by atoms with Crippen LogP contribution in [-0.4, -0.2) is 12.5 Å². The van der Waals surface area contributed by atoms with Gasteiger partial charge in [0.05, 0.1) is 11.5 Å². The zero-order chi connectivity index (χ0) is 12.5. The Balaban J connectivity index is 1.99. The van der Waals surface area contributed by atoms with Crippen LogP contribution in [0.5, 0.6) is 0 Å². The van der Waals surface area contributed by atoms with Crippen LogP contribution in [0.15, 0.2) is 28.7 Å². The molecule has 1 fully saturated rings. The summed E-state index contributed by atoms with van der Waals surface area (Å²) in [5.41, 5.74) is 6.47.